The second kappa shape index (κ2) is 3.93. The van der Waals surface area contributed by atoms with E-state index in [2.05, 4.69) is 36.5 Å². The standard InChI is InChI=1S/C12H17N/c1-2-10-7-11-5-3-4-6-12(11)9-13-8-10/h3-6,10,13H,2,7-9H2,1H3. The first-order valence-electron chi connectivity index (χ1n) is 5.17. The van der Waals surface area contributed by atoms with Gasteiger partial charge in [-0.1, -0.05) is 37.6 Å². The molecule has 1 nitrogen and oxygen atoms in total. The molecule has 0 aliphatic carbocycles. The zero-order chi connectivity index (χ0) is 9.10. The lowest BCUT2D eigenvalue weighted by molar-refractivity contribution is 0.477. The molecule has 0 fully saturated rings. The largest absolute Gasteiger partial charge is 0.312 e. The first kappa shape index (κ1) is 8.76. The van der Waals surface area contributed by atoms with Crippen LogP contribution in [0.25, 0.3) is 0 Å². The Hall–Kier alpha value is -0.820. The molecule has 1 aliphatic rings. The fourth-order valence-electron chi connectivity index (χ4n) is 2.01. The van der Waals surface area contributed by atoms with Gasteiger partial charge in [0, 0.05) is 6.54 Å². The van der Waals surface area contributed by atoms with Crippen molar-refractivity contribution in [3.63, 3.8) is 0 Å². The van der Waals surface area contributed by atoms with Crippen molar-refractivity contribution in [2.75, 3.05) is 6.54 Å². The summed E-state index contributed by atoms with van der Waals surface area (Å²) in [5.74, 6) is 0.823. The molecule has 1 N–H and O–H groups in total. The molecule has 13 heavy (non-hydrogen) atoms. The lowest BCUT2D eigenvalue weighted by atomic mass is 9.96. The Balaban J connectivity index is 2.23. The van der Waals surface area contributed by atoms with Gasteiger partial charge in [0.1, 0.15) is 0 Å². The number of benzene rings is 1. The average molecular weight is 175 g/mol. The zero-order valence-electron chi connectivity index (χ0n) is 8.22. The topological polar surface area (TPSA) is 12.0 Å². The summed E-state index contributed by atoms with van der Waals surface area (Å²) in [5, 5.41) is 3.50. The molecule has 0 amide bonds. The van der Waals surface area contributed by atoms with E-state index >= 15 is 0 Å². The van der Waals surface area contributed by atoms with Crippen molar-refractivity contribution in [2.24, 2.45) is 5.92 Å². The molecular weight excluding hydrogens is 158 g/mol. The minimum Gasteiger partial charge on any atom is -0.312 e. The summed E-state index contributed by atoms with van der Waals surface area (Å²) in [4.78, 5) is 0. The average Bonchev–Trinajstić information content (AvgIpc) is 2.38. The summed E-state index contributed by atoms with van der Waals surface area (Å²) in [7, 11) is 0. The van der Waals surface area contributed by atoms with E-state index in [9.17, 15) is 0 Å². The van der Waals surface area contributed by atoms with Gasteiger partial charge < -0.3 is 5.32 Å². The third kappa shape index (κ3) is 1.92. The molecule has 1 aliphatic heterocycles. The zero-order valence-corrected chi connectivity index (χ0v) is 8.22. The molecule has 1 aromatic carbocycles. The van der Waals surface area contributed by atoms with Gasteiger partial charge in [-0.2, -0.15) is 0 Å². The summed E-state index contributed by atoms with van der Waals surface area (Å²) in [6, 6.07) is 8.79. The lowest BCUT2D eigenvalue weighted by Crippen LogP contribution is -2.19. The van der Waals surface area contributed by atoms with Crippen LogP contribution in [0, 0.1) is 5.92 Å². The Bertz CT molecular complexity index is 280. The molecule has 0 spiro atoms. The molecule has 0 aromatic heterocycles. The van der Waals surface area contributed by atoms with Crippen LogP contribution in [0.4, 0.5) is 0 Å². The molecule has 1 atom stereocenters. The van der Waals surface area contributed by atoms with Crippen LogP contribution in [0.15, 0.2) is 24.3 Å². The molecule has 0 saturated carbocycles. The van der Waals surface area contributed by atoms with Crippen molar-refractivity contribution in [1.29, 1.82) is 0 Å². The molecule has 0 radical (unpaired) electrons. The van der Waals surface area contributed by atoms with Crippen LogP contribution in [-0.2, 0) is 13.0 Å². The Labute approximate surface area is 80.2 Å². The molecule has 1 heterocycles. The quantitative estimate of drug-likeness (QED) is 0.691. The third-order valence-electron chi connectivity index (χ3n) is 2.95. The molecule has 1 unspecified atom stereocenters. The maximum atomic E-state index is 3.50. The van der Waals surface area contributed by atoms with Gasteiger partial charge in [0.25, 0.3) is 0 Å². The summed E-state index contributed by atoms with van der Waals surface area (Å²) < 4.78 is 0. The van der Waals surface area contributed by atoms with Gasteiger partial charge in [-0.25, -0.2) is 0 Å². The van der Waals surface area contributed by atoms with Gasteiger partial charge in [-0.3, -0.25) is 0 Å². The predicted octanol–water partition coefficient (Wildman–Crippen LogP) is 2.36. The maximum absolute atomic E-state index is 3.50. The Kier molecular flexibility index (Phi) is 2.65. The SMILES string of the molecule is CCC1CNCc2ccccc2C1. The van der Waals surface area contributed by atoms with E-state index in [-0.39, 0.29) is 0 Å². The Morgan fingerprint density at radius 2 is 2.08 bits per heavy atom. The van der Waals surface area contributed by atoms with Gasteiger partial charge in [-0.05, 0) is 30.0 Å². The van der Waals surface area contributed by atoms with Crippen LogP contribution in [0.1, 0.15) is 24.5 Å². The highest BCUT2D eigenvalue weighted by Crippen LogP contribution is 2.18. The third-order valence-corrected chi connectivity index (χ3v) is 2.95. The number of rotatable bonds is 1. The highest BCUT2D eigenvalue weighted by molar-refractivity contribution is 5.28. The minimum atomic E-state index is 0.823. The van der Waals surface area contributed by atoms with E-state index in [4.69, 9.17) is 0 Å². The molecule has 70 valence electrons. The normalized spacial score (nSPS) is 22.1. The van der Waals surface area contributed by atoms with Crippen molar-refractivity contribution in [2.45, 2.75) is 26.3 Å². The highest BCUT2D eigenvalue weighted by Gasteiger charge is 2.13. The van der Waals surface area contributed by atoms with Crippen molar-refractivity contribution in [1.82, 2.24) is 5.32 Å². The lowest BCUT2D eigenvalue weighted by Gasteiger charge is -2.10. The van der Waals surface area contributed by atoms with Crippen LogP contribution >= 0.6 is 0 Å². The van der Waals surface area contributed by atoms with Crippen molar-refractivity contribution >= 4 is 0 Å². The van der Waals surface area contributed by atoms with Crippen LogP contribution in [-0.4, -0.2) is 6.54 Å². The van der Waals surface area contributed by atoms with Crippen LogP contribution in [0.3, 0.4) is 0 Å². The van der Waals surface area contributed by atoms with Crippen LogP contribution in [0.5, 0.6) is 0 Å². The Morgan fingerprint density at radius 1 is 1.31 bits per heavy atom. The summed E-state index contributed by atoms with van der Waals surface area (Å²) >= 11 is 0. The molecular formula is C12H17N. The highest BCUT2D eigenvalue weighted by atomic mass is 14.9. The fraction of sp³-hybridized carbons (Fsp3) is 0.500. The van der Waals surface area contributed by atoms with Gasteiger partial charge in [-0.15, -0.1) is 0 Å². The van der Waals surface area contributed by atoms with Crippen LogP contribution in [0.2, 0.25) is 0 Å². The van der Waals surface area contributed by atoms with Gasteiger partial charge in [0.2, 0.25) is 0 Å². The van der Waals surface area contributed by atoms with Crippen LogP contribution < -0.4 is 5.32 Å². The number of nitrogens with one attached hydrogen (secondary N) is 1. The van der Waals surface area contributed by atoms with Gasteiger partial charge >= 0.3 is 0 Å². The number of hydrogen-bond donors (Lipinski definition) is 1. The van der Waals surface area contributed by atoms with Crippen molar-refractivity contribution < 1.29 is 0 Å². The van der Waals surface area contributed by atoms with E-state index in [1.165, 1.54) is 24.9 Å². The van der Waals surface area contributed by atoms with Gasteiger partial charge in [0.15, 0.2) is 0 Å². The molecule has 0 saturated heterocycles. The van der Waals surface area contributed by atoms with E-state index in [1.54, 1.807) is 5.56 Å². The second-order valence-electron chi connectivity index (χ2n) is 3.88. The number of hydrogen-bond acceptors (Lipinski definition) is 1. The van der Waals surface area contributed by atoms with E-state index in [0.717, 1.165) is 12.5 Å². The van der Waals surface area contributed by atoms with E-state index < -0.39 is 0 Å². The minimum absolute atomic E-state index is 0.823. The summed E-state index contributed by atoms with van der Waals surface area (Å²) in [5.41, 5.74) is 3.03. The van der Waals surface area contributed by atoms with Gasteiger partial charge in [0.05, 0.1) is 0 Å². The summed E-state index contributed by atoms with van der Waals surface area (Å²) in [6.45, 7) is 4.50. The van der Waals surface area contributed by atoms with E-state index in [1.807, 2.05) is 0 Å². The predicted molar refractivity (Wildman–Crippen MR) is 55.6 cm³/mol. The summed E-state index contributed by atoms with van der Waals surface area (Å²) in [6.07, 6.45) is 2.53. The van der Waals surface area contributed by atoms with Crippen molar-refractivity contribution in [3.8, 4) is 0 Å². The monoisotopic (exact) mass is 175 g/mol. The molecule has 1 heteroatoms. The smallest absolute Gasteiger partial charge is 0.0208 e. The second-order valence-corrected chi connectivity index (χ2v) is 3.88. The maximum Gasteiger partial charge on any atom is 0.0208 e. The van der Waals surface area contributed by atoms with E-state index in [0.29, 0.717) is 0 Å². The van der Waals surface area contributed by atoms with Crippen molar-refractivity contribution in [3.05, 3.63) is 35.4 Å². The first-order chi connectivity index (χ1) is 6.40. The first-order valence-corrected chi connectivity index (χ1v) is 5.17. The molecule has 2 rings (SSSR count). The number of fused-ring (bicyclic) bond motifs is 1. The fourth-order valence-corrected chi connectivity index (χ4v) is 2.01. The molecule has 0 bridgehead atoms. The molecule has 1 aromatic rings. The Morgan fingerprint density at radius 3 is 2.85 bits per heavy atom.